The molecule has 1 heterocycles. The summed E-state index contributed by atoms with van der Waals surface area (Å²) in [6.45, 7) is 0. The average Bonchev–Trinajstić information content (AvgIpc) is 2.29. The second-order valence-corrected chi connectivity index (χ2v) is 3.64. The van der Waals surface area contributed by atoms with Gasteiger partial charge in [0, 0.05) is 5.56 Å². The molecule has 2 rings (SSSR count). The van der Waals surface area contributed by atoms with Gasteiger partial charge >= 0.3 is 5.97 Å². The van der Waals surface area contributed by atoms with Gasteiger partial charge in [-0.05, 0) is 11.6 Å². The van der Waals surface area contributed by atoms with E-state index in [1.807, 2.05) is 30.3 Å². The summed E-state index contributed by atoms with van der Waals surface area (Å²) in [4.78, 5) is 14.8. The topological polar surface area (TPSA) is 70.4 Å². The van der Waals surface area contributed by atoms with Gasteiger partial charge in [-0.3, -0.25) is 9.78 Å². The van der Waals surface area contributed by atoms with Gasteiger partial charge in [0.2, 0.25) is 0 Å². The summed E-state index contributed by atoms with van der Waals surface area (Å²) in [5.74, 6) is -0.976. The summed E-state index contributed by atoms with van der Waals surface area (Å²) in [6, 6.07) is 10.7. The van der Waals surface area contributed by atoms with Crippen molar-refractivity contribution in [2.75, 3.05) is 0 Å². The predicted octanol–water partition coefficient (Wildman–Crippen LogP) is 2.08. The molecule has 4 nitrogen and oxygen atoms in total. The van der Waals surface area contributed by atoms with Crippen LogP contribution >= 0.6 is 0 Å². The third-order valence-electron chi connectivity index (χ3n) is 2.34. The molecule has 0 aliphatic rings. The number of benzene rings is 1. The number of aromatic nitrogens is 1. The Kier molecular flexibility index (Phi) is 3.05. The van der Waals surface area contributed by atoms with Gasteiger partial charge in [-0.1, -0.05) is 30.3 Å². The zero-order valence-corrected chi connectivity index (χ0v) is 9.00. The van der Waals surface area contributed by atoms with E-state index in [1.54, 1.807) is 0 Å². The zero-order valence-electron chi connectivity index (χ0n) is 9.00. The van der Waals surface area contributed by atoms with Gasteiger partial charge in [0.05, 0.1) is 18.3 Å². The van der Waals surface area contributed by atoms with E-state index < -0.39 is 5.97 Å². The molecule has 2 N–H and O–H groups in total. The molecule has 0 amide bonds. The number of pyridine rings is 1. The summed E-state index contributed by atoms with van der Waals surface area (Å²) >= 11 is 0. The first-order chi connectivity index (χ1) is 8.16. The Morgan fingerprint density at radius 3 is 2.59 bits per heavy atom. The Labute approximate surface area is 98.2 Å². The Bertz CT molecular complexity index is 538. The molecular weight excluding hydrogens is 218 g/mol. The second kappa shape index (κ2) is 4.65. The van der Waals surface area contributed by atoms with Crippen LogP contribution in [0.4, 0.5) is 0 Å². The zero-order chi connectivity index (χ0) is 12.3. The maximum atomic E-state index is 10.8. The monoisotopic (exact) mass is 229 g/mol. The average molecular weight is 229 g/mol. The van der Waals surface area contributed by atoms with Crippen LogP contribution in [0.5, 0.6) is 5.75 Å². The number of carboxylic acids is 1. The number of aromatic hydroxyl groups is 1. The van der Waals surface area contributed by atoms with Crippen LogP contribution in [0.3, 0.4) is 0 Å². The van der Waals surface area contributed by atoms with Crippen molar-refractivity contribution in [3.05, 3.63) is 48.2 Å². The highest BCUT2D eigenvalue weighted by atomic mass is 16.4. The lowest BCUT2D eigenvalue weighted by atomic mass is 10.0. The summed E-state index contributed by atoms with van der Waals surface area (Å²) in [5.41, 5.74) is 1.93. The van der Waals surface area contributed by atoms with Crippen molar-refractivity contribution in [2.45, 2.75) is 6.42 Å². The van der Waals surface area contributed by atoms with Gasteiger partial charge in [0.25, 0.3) is 0 Å². The number of nitrogens with zero attached hydrogens (tertiary/aromatic N) is 1. The maximum Gasteiger partial charge on any atom is 0.307 e. The van der Waals surface area contributed by atoms with Gasteiger partial charge in [0.15, 0.2) is 0 Å². The summed E-state index contributed by atoms with van der Waals surface area (Å²) in [6.07, 6.45) is 1.15. The smallest absolute Gasteiger partial charge is 0.307 e. The first kappa shape index (κ1) is 11.1. The molecule has 2 aromatic rings. The Morgan fingerprint density at radius 2 is 1.94 bits per heavy atom. The van der Waals surface area contributed by atoms with Crippen molar-refractivity contribution < 1.29 is 15.0 Å². The predicted molar refractivity (Wildman–Crippen MR) is 62.7 cm³/mol. The first-order valence-electron chi connectivity index (χ1n) is 5.12. The standard InChI is InChI=1S/C13H11NO3/c15-11-6-10(7-12(16)17)13(14-8-11)9-4-2-1-3-5-9/h1-6,8,15H,7H2,(H,16,17). The van der Waals surface area contributed by atoms with Crippen LogP contribution in [0.2, 0.25) is 0 Å². The van der Waals surface area contributed by atoms with Crippen molar-refractivity contribution in [3.63, 3.8) is 0 Å². The van der Waals surface area contributed by atoms with Gasteiger partial charge in [-0.25, -0.2) is 0 Å². The lowest BCUT2D eigenvalue weighted by molar-refractivity contribution is -0.136. The SMILES string of the molecule is O=C(O)Cc1cc(O)cnc1-c1ccccc1. The van der Waals surface area contributed by atoms with Crippen LogP contribution < -0.4 is 0 Å². The number of carboxylic acid groups (broad SMARTS) is 1. The van der Waals surface area contributed by atoms with Gasteiger partial charge in [0.1, 0.15) is 5.75 Å². The molecule has 0 radical (unpaired) electrons. The third-order valence-corrected chi connectivity index (χ3v) is 2.34. The molecule has 4 heteroatoms. The molecule has 86 valence electrons. The van der Waals surface area contributed by atoms with E-state index in [9.17, 15) is 9.90 Å². The minimum Gasteiger partial charge on any atom is -0.506 e. The summed E-state index contributed by atoms with van der Waals surface area (Å²) in [7, 11) is 0. The quantitative estimate of drug-likeness (QED) is 0.845. The van der Waals surface area contributed by atoms with Crippen LogP contribution in [0.25, 0.3) is 11.3 Å². The molecular formula is C13H11NO3. The lowest BCUT2D eigenvalue weighted by Crippen LogP contribution is -2.03. The van der Waals surface area contributed by atoms with E-state index in [2.05, 4.69) is 4.98 Å². The Balaban J connectivity index is 2.50. The number of hydrogen-bond donors (Lipinski definition) is 2. The van der Waals surface area contributed by atoms with E-state index in [0.717, 1.165) is 5.56 Å². The second-order valence-electron chi connectivity index (χ2n) is 3.64. The molecule has 0 fully saturated rings. The minimum absolute atomic E-state index is 0.0269. The van der Waals surface area contributed by atoms with Crippen LogP contribution in [-0.2, 0) is 11.2 Å². The molecule has 0 aliphatic heterocycles. The van der Waals surface area contributed by atoms with Gasteiger partial charge < -0.3 is 10.2 Å². The molecule has 1 aromatic carbocycles. The molecule has 0 aliphatic carbocycles. The molecule has 17 heavy (non-hydrogen) atoms. The minimum atomic E-state index is -0.949. The summed E-state index contributed by atoms with van der Waals surface area (Å²) in [5, 5.41) is 18.2. The number of carbonyl (C=O) groups is 1. The molecule has 0 atom stereocenters. The largest absolute Gasteiger partial charge is 0.506 e. The molecule has 0 spiro atoms. The normalized spacial score (nSPS) is 10.1. The van der Waals surface area contributed by atoms with Crippen molar-refractivity contribution in [2.24, 2.45) is 0 Å². The van der Waals surface area contributed by atoms with E-state index in [0.29, 0.717) is 11.3 Å². The fourth-order valence-electron chi connectivity index (χ4n) is 1.65. The van der Waals surface area contributed by atoms with E-state index in [4.69, 9.17) is 5.11 Å². The van der Waals surface area contributed by atoms with E-state index in [-0.39, 0.29) is 12.2 Å². The highest BCUT2D eigenvalue weighted by Gasteiger charge is 2.10. The van der Waals surface area contributed by atoms with Gasteiger partial charge in [-0.15, -0.1) is 0 Å². The Morgan fingerprint density at radius 1 is 1.24 bits per heavy atom. The van der Waals surface area contributed by atoms with Crippen LogP contribution in [0.1, 0.15) is 5.56 Å². The highest BCUT2D eigenvalue weighted by Crippen LogP contribution is 2.24. The first-order valence-corrected chi connectivity index (χ1v) is 5.12. The molecule has 0 bridgehead atoms. The Hall–Kier alpha value is -2.36. The van der Waals surface area contributed by atoms with Crippen LogP contribution in [-0.4, -0.2) is 21.2 Å². The number of rotatable bonds is 3. The third kappa shape index (κ3) is 2.60. The van der Waals surface area contributed by atoms with E-state index >= 15 is 0 Å². The van der Waals surface area contributed by atoms with Crippen molar-refractivity contribution in [1.82, 2.24) is 4.98 Å². The summed E-state index contributed by atoms with van der Waals surface area (Å²) < 4.78 is 0. The highest BCUT2D eigenvalue weighted by molar-refractivity contribution is 5.75. The fourth-order valence-corrected chi connectivity index (χ4v) is 1.65. The number of aliphatic carboxylic acids is 1. The van der Waals surface area contributed by atoms with Crippen LogP contribution in [0.15, 0.2) is 42.6 Å². The lowest BCUT2D eigenvalue weighted by Gasteiger charge is -2.07. The van der Waals surface area contributed by atoms with Gasteiger partial charge in [-0.2, -0.15) is 0 Å². The number of hydrogen-bond acceptors (Lipinski definition) is 3. The van der Waals surface area contributed by atoms with Crippen LogP contribution in [0, 0.1) is 0 Å². The molecule has 0 unspecified atom stereocenters. The molecule has 0 saturated heterocycles. The maximum absolute atomic E-state index is 10.8. The fraction of sp³-hybridized carbons (Fsp3) is 0.0769. The molecule has 0 saturated carbocycles. The van der Waals surface area contributed by atoms with Crippen molar-refractivity contribution in [3.8, 4) is 17.0 Å². The van der Waals surface area contributed by atoms with E-state index in [1.165, 1.54) is 12.3 Å². The van der Waals surface area contributed by atoms with Crippen molar-refractivity contribution >= 4 is 5.97 Å². The van der Waals surface area contributed by atoms with Crippen molar-refractivity contribution in [1.29, 1.82) is 0 Å². The molecule has 1 aromatic heterocycles.